The van der Waals surface area contributed by atoms with Gasteiger partial charge in [0, 0.05) is 25.0 Å². The van der Waals surface area contributed by atoms with Crippen molar-refractivity contribution in [1.29, 1.82) is 0 Å². The van der Waals surface area contributed by atoms with Gasteiger partial charge in [-0.05, 0) is 38.6 Å². The van der Waals surface area contributed by atoms with E-state index in [0.717, 1.165) is 45.2 Å². The van der Waals surface area contributed by atoms with Gasteiger partial charge in [-0.25, -0.2) is 0 Å². The van der Waals surface area contributed by atoms with Crippen molar-refractivity contribution >= 4 is 11.8 Å². The molecule has 2 N–H and O–H groups in total. The van der Waals surface area contributed by atoms with Gasteiger partial charge in [-0.3, -0.25) is 14.5 Å². The molecule has 0 aromatic carbocycles. The first-order valence-electron chi connectivity index (χ1n) is 7.94. The van der Waals surface area contributed by atoms with E-state index in [2.05, 4.69) is 4.90 Å². The first-order chi connectivity index (χ1) is 9.60. The third-order valence-corrected chi connectivity index (χ3v) is 4.82. The van der Waals surface area contributed by atoms with Crippen molar-refractivity contribution in [2.75, 3.05) is 13.1 Å². The molecule has 20 heavy (non-hydrogen) atoms. The Bertz CT molecular complexity index is 372. The van der Waals surface area contributed by atoms with Crippen LogP contribution in [-0.2, 0) is 9.59 Å². The van der Waals surface area contributed by atoms with Gasteiger partial charge in [0.25, 0.3) is 0 Å². The van der Waals surface area contributed by atoms with E-state index in [-0.39, 0.29) is 23.9 Å². The minimum atomic E-state index is -0.231. The highest BCUT2D eigenvalue weighted by atomic mass is 16.2. The molecule has 3 atom stereocenters. The SMILES string of the molecule is CCC(=O)N1CCCC1C1CCCN1C(CC)C(N)=O. The Morgan fingerprint density at radius 3 is 2.40 bits per heavy atom. The fourth-order valence-corrected chi connectivity index (χ4v) is 3.92. The van der Waals surface area contributed by atoms with Crippen molar-refractivity contribution < 1.29 is 9.59 Å². The number of carbonyl (C=O) groups excluding carboxylic acids is 2. The van der Waals surface area contributed by atoms with Crippen LogP contribution >= 0.6 is 0 Å². The third-order valence-electron chi connectivity index (χ3n) is 4.82. The quantitative estimate of drug-likeness (QED) is 0.821. The summed E-state index contributed by atoms with van der Waals surface area (Å²) < 4.78 is 0. The van der Waals surface area contributed by atoms with Crippen molar-refractivity contribution in [3.05, 3.63) is 0 Å². The maximum Gasteiger partial charge on any atom is 0.234 e. The summed E-state index contributed by atoms with van der Waals surface area (Å²) in [6.45, 7) is 5.72. The molecule has 2 aliphatic rings. The van der Waals surface area contributed by atoms with Crippen molar-refractivity contribution in [1.82, 2.24) is 9.80 Å². The summed E-state index contributed by atoms with van der Waals surface area (Å²) in [6, 6.07) is 0.408. The van der Waals surface area contributed by atoms with Gasteiger partial charge in [0.1, 0.15) is 0 Å². The fourth-order valence-electron chi connectivity index (χ4n) is 3.92. The molecule has 2 rings (SSSR count). The molecular formula is C15H27N3O2. The van der Waals surface area contributed by atoms with Crippen LogP contribution in [0.15, 0.2) is 0 Å². The molecule has 2 amide bonds. The molecule has 2 aliphatic heterocycles. The topological polar surface area (TPSA) is 66.6 Å². The van der Waals surface area contributed by atoms with Crippen molar-refractivity contribution in [3.8, 4) is 0 Å². The number of amides is 2. The Hall–Kier alpha value is -1.10. The first kappa shape index (κ1) is 15.3. The number of rotatable bonds is 5. The van der Waals surface area contributed by atoms with Gasteiger partial charge < -0.3 is 10.6 Å². The minimum absolute atomic E-state index is 0.179. The van der Waals surface area contributed by atoms with Crippen LogP contribution in [0.4, 0.5) is 0 Å². The first-order valence-corrected chi connectivity index (χ1v) is 7.94. The largest absolute Gasteiger partial charge is 0.368 e. The molecule has 0 spiro atoms. The highest BCUT2D eigenvalue weighted by molar-refractivity contribution is 5.80. The molecule has 2 heterocycles. The lowest BCUT2D eigenvalue weighted by atomic mass is 10.0. The Labute approximate surface area is 121 Å². The second-order valence-corrected chi connectivity index (χ2v) is 5.92. The second kappa shape index (κ2) is 6.57. The third kappa shape index (κ3) is 2.82. The van der Waals surface area contributed by atoms with Crippen LogP contribution in [0, 0.1) is 0 Å². The zero-order valence-corrected chi connectivity index (χ0v) is 12.7. The number of nitrogens with two attached hydrogens (primary N) is 1. The van der Waals surface area contributed by atoms with E-state index in [1.54, 1.807) is 0 Å². The van der Waals surface area contributed by atoms with E-state index in [0.29, 0.717) is 12.5 Å². The van der Waals surface area contributed by atoms with Crippen molar-refractivity contribution in [3.63, 3.8) is 0 Å². The summed E-state index contributed by atoms with van der Waals surface area (Å²) in [5, 5.41) is 0. The molecule has 2 saturated heterocycles. The molecule has 2 fully saturated rings. The predicted octanol–water partition coefficient (Wildman–Crippen LogP) is 1.12. The van der Waals surface area contributed by atoms with Crippen LogP contribution in [-0.4, -0.2) is 52.8 Å². The van der Waals surface area contributed by atoms with Crippen LogP contribution in [0.25, 0.3) is 0 Å². The molecular weight excluding hydrogens is 254 g/mol. The number of primary amides is 1. The molecule has 5 heteroatoms. The maximum absolute atomic E-state index is 12.1. The lowest BCUT2D eigenvalue weighted by Crippen LogP contribution is -2.54. The van der Waals surface area contributed by atoms with Crippen molar-refractivity contribution in [2.24, 2.45) is 5.73 Å². The van der Waals surface area contributed by atoms with Gasteiger partial charge in [-0.15, -0.1) is 0 Å². The lowest BCUT2D eigenvalue weighted by Gasteiger charge is -2.37. The molecule has 0 saturated carbocycles. The molecule has 0 aromatic rings. The van der Waals surface area contributed by atoms with E-state index in [9.17, 15) is 9.59 Å². The van der Waals surface area contributed by atoms with Gasteiger partial charge >= 0.3 is 0 Å². The maximum atomic E-state index is 12.1. The average molecular weight is 281 g/mol. The smallest absolute Gasteiger partial charge is 0.234 e. The van der Waals surface area contributed by atoms with E-state index in [1.165, 1.54) is 0 Å². The number of carbonyl (C=O) groups is 2. The Morgan fingerprint density at radius 2 is 1.80 bits per heavy atom. The average Bonchev–Trinajstić information content (AvgIpc) is 3.06. The summed E-state index contributed by atoms with van der Waals surface area (Å²) in [4.78, 5) is 28.0. The minimum Gasteiger partial charge on any atom is -0.368 e. The molecule has 0 bridgehead atoms. The summed E-state index contributed by atoms with van der Waals surface area (Å²) in [6.07, 6.45) is 5.62. The number of nitrogens with zero attached hydrogens (tertiary/aromatic N) is 2. The Balaban J connectivity index is 2.13. The van der Waals surface area contributed by atoms with Crippen molar-refractivity contribution in [2.45, 2.75) is 70.5 Å². The summed E-state index contributed by atoms with van der Waals surface area (Å²) >= 11 is 0. The van der Waals surface area contributed by atoms with Gasteiger partial charge in [-0.2, -0.15) is 0 Å². The molecule has 3 unspecified atom stereocenters. The highest BCUT2D eigenvalue weighted by Gasteiger charge is 2.42. The fraction of sp³-hybridized carbons (Fsp3) is 0.867. The van der Waals surface area contributed by atoms with Crippen LogP contribution < -0.4 is 5.73 Å². The highest BCUT2D eigenvalue weighted by Crippen LogP contribution is 2.32. The van der Waals surface area contributed by atoms with Crippen LogP contribution in [0.2, 0.25) is 0 Å². The van der Waals surface area contributed by atoms with E-state index >= 15 is 0 Å². The molecule has 5 nitrogen and oxygen atoms in total. The van der Waals surface area contributed by atoms with Gasteiger partial charge in [0.15, 0.2) is 0 Å². The normalized spacial score (nSPS) is 28.8. The zero-order valence-electron chi connectivity index (χ0n) is 12.7. The standard InChI is InChI=1S/C15H27N3O2/c1-3-11(15(16)20)17-9-5-7-12(17)13-8-6-10-18(13)14(19)4-2/h11-13H,3-10H2,1-2H3,(H2,16,20). The Kier molecular flexibility index (Phi) is 5.02. The van der Waals surface area contributed by atoms with E-state index < -0.39 is 0 Å². The van der Waals surface area contributed by atoms with Crippen LogP contribution in [0.3, 0.4) is 0 Å². The van der Waals surface area contributed by atoms with Gasteiger partial charge in [0.05, 0.1) is 6.04 Å². The van der Waals surface area contributed by atoms with E-state index in [1.807, 2.05) is 18.7 Å². The van der Waals surface area contributed by atoms with E-state index in [4.69, 9.17) is 5.73 Å². The zero-order chi connectivity index (χ0) is 14.7. The summed E-state index contributed by atoms with van der Waals surface area (Å²) in [7, 11) is 0. The molecule has 114 valence electrons. The van der Waals surface area contributed by atoms with Crippen LogP contribution in [0.5, 0.6) is 0 Å². The molecule has 0 aromatic heterocycles. The van der Waals surface area contributed by atoms with Gasteiger partial charge in [-0.1, -0.05) is 13.8 Å². The Morgan fingerprint density at radius 1 is 1.15 bits per heavy atom. The summed E-state index contributed by atoms with van der Waals surface area (Å²) in [5.74, 6) is 0.0113. The van der Waals surface area contributed by atoms with Gasteiger partial charge in [0.2, 0.25) is 11.8 Å². The molecule has 0 radical (unpaired) electrons. The predicted molar refractivity (Wildman–Crippen MR) is 78.0 cm³/mol. The lowest BCUT2D eigenvalue weighted by molar-refractivity contribution is -0.133. The molecule has 0 aliphatic carbocycles. The number of likely N-dealkylation sites (tertiary alicyclic amines) is 2. The van der Waals surface area contributed by atoms with Crippen LogP contribution in [0.1, 0.15) is 52.4 Å². The summed E-state index contributed by atoms with van der Waals surface area (Å²) in [5.41, 5.74) is 5.55. The number of hydrogen-bond acceptors (Lipinski definition) is 3. The second-order valence-electron chi connectivity index (χ2n) is 5.92. The monoisotopic (exact) mass is 281 g/mol. The number of hydrogen-bond donors (Lipinski definition) is 1.